The predicted octanol–water partition coefficient (Wildman–Crippen LogP) is 5.53. The summed E-state index contributed by atoms with van der Waals surface area (Å²) in [5.74, 6) is 0.736. The lowest BCUT2D eigenvalue weighted by molar-refractivity contribution is 0.102. The SMILES string of the molecule is Cc1ccc(Cc2cnc(NC(=O)c3ccc(CN4CCC(C)CC4)cc3)s2)cc1. The molecule has 0 unspecified atom stereocenters. The Kier molecular flexibility index (Phi) is 6.60. The van der Waals surface area contributed by atoms with Gasteiger partial charge in [-0.1, -0.05) is 48.9 Å². The molecule has 0 spiro atoms. The van der Waals surface area contributed by atoms with Crippen molar-refractivity contribution in [3.8, 4) is 0 Å². The molecule has 2 aromatic carbocycles. The van der Waals surface area contributed by atoms with Crippen LogP contribution in [0.2, 0.25) is 0 Å². The molecular formula is C25H29N3OS. The van der Waals surface area contributed by atoms with Crippen LogP contribution < -0.4 is 5.32 Å². The highest BCUT2D eigenvalue weighted by molar-refractivity contribution is 7.15. The fourth-order valence-corrected chi connectivity index (χ4v) is 4.61. The second-order valence-corrected chi connectivity index (χ2v) is 9.52. The van der Waals surface area contributed by atoms with Crippen LogP contribution in [0.1, 0.15) is 51.7 Å². The smallest absolute Gasteiger partial charge is 0.257 e. The normalized spacial score (nSPS) is 15.3. The van der Waals surface area contributed by atoms with E-state index in [-0.39, 0.29) is 5.91 Å². The van der Waals surface area contributed by atoms with Gasteiger partial charge in [-0.2, -0.15) is 0 Å². The fraction of sp³-hybridized carbons (Fsp3) is 0.360. The summed E-state index contributed by atoms with van der Waals surface area (Å²) in [5, 5.41) is 3.58. The number of thiazole rings is 1. The molecule has 30 heavy (non-hydrogen) atoms. The standard InChI is InChI=1S/C25H29N3OS/c1-18-3-5-20(6-4-18)15-23-16-26-25(30-23)27-24(29)22-9-7-21(8-10-22)17-28-13-11-19(2)12-14-28/h3-10,16,19H,11-15,17H2,1-2H3,(H,26,27,29). The second kappa shape index (κ2) is 9.54. The van der Waals surface area contributed by atoms with Gasteiger partial charge < -0.3 is 0 Å². The van der Waals surface area contributed by atoms with Crippen LogP contribution in [-0.2, 0) is 13.0 Å². The summed E-state index contributed by atoms with van der Waals surface area (Å²) in [4.78, 5) is 20.6. The Morgan fingerprint density at radius 3 is 2.43 bits per heavy atom. The number of hydrogen-bond donors (Lipinski definition) is 1. The number of benzene rings is 2. The summed E-state index contributed by atoms with van der Waals surface area (Å²) in [6.07, 6.45) is 5.24. The number of nitrogens with zero attached hydrogens (tertiary/aromatic N) is 2. The van der Waals surface area contributed by atoms with Gasteiger partial charge in [0.1, 0.15) is 0 Å². The molecule has 5 heteroatoms. The van der Waals surface area contributed by atoms with Crippen LogP contribution in [0, 0.1) is 12.8 Å². The number of amides is 1. The highest BCUT2D eigenvalue weighted by atomic mass is 32.1. The molecule has 4 rings (SSSR count). The molecule has 1 amide bonds. The molecule has 156 valence electrons. The number of rotatable bonds is 6. The minimum atomic E-state index is -0.107. The quantitative estimate of drug-likeness (QED) is 0.572. The van der Waals surface area contributed by atoms with E-state index in [1.807, 2.05) is 18.3 Å². The van der Waals surface area contributed by atoms with Crippen LogP contribution in [0.15, 0.2) is 54.7 Å². The summed E-state index contributed by atoms with van der Waals surface area (Å²) >= 11 is 1.53. The van der Waals surface area contributed by atoms with Crippen LogP contribution >= 0.6 is 11.3 Å². The van der Waals surface area contributed by atoms with E-state index in [0.29, 0.717) is 10.7 Å². The number of aromatic nitrogens is 1. The Labute approximate surface area is 183 Å². The molecule has 4 nitrogen and oxygen atoms in total. The van der Waals surface area contributed by atoms with Crippen molar-refractivity contribution in [3.05, 3.63) is 81.9 Å². The van der Waals surface area contributed by atoms with Crippen LogP contribution in [-0.4, -0.2) is 28.9 Å². The molecule has 1 saturated heterocycles. The zero-order valence-corrected chi connectivity index (χ0v) is 18.5. The maximum Gasteiger partial charge on any atom is 0.257 e. The maximum absolute atomic E-state index is 12.6. The largest absolute Gasteiger partial charge is 0.299 e. The molecule has 0 aliphatic carbocycles. The van der Waals surface area contributed by atoms with Crippen LogP contribution in [0.5, 0.6) is 0 Å². The average molecular weight is 420 g/mol. The molecular weight excluding hydrogens is 390 g/mol. The molecule has 1 fully saturated rings. The van der Waals surface area contributed by atoms with E-state index < -0.39 is 0 Å². The number of piperidine rings is 1. The lowest BCUT2D eigenvalue weighted by Gasteiger charge is -2.30. The van der Waals surface area contributed by atoms with Crippen molar-refractivity contribution < 1.29 is 4.79 Å². The number of aryl methyl sites for hydroxylation is 1. The molecule has 2 heterocycles. The van der Waals surface area contributed by atoms with Gasteiger partial charge in [-0.05, 0) is 62.0 Å². The first-order chi connectivity index (χ1) is 14.5. The van der Waals surface area contributed by atoms with Crippen molar-refractivity contribution in [3.63, 3.8) is 0 Å². The van der Waals surface area contributed by atoms with Crippen molar-refractivity contribution in [2.24, 2.45) is 5.92 Å². The van der Waals surface area contributed by atoms with Crippen molar-refractivity contribution in [1.82, 2.24) is 9.88 Å². The topological polar surface area (TPSA) is 45.2 Å². The first-order valence-corrected chi connectivity index (χ1v) is 11.5. The Bertz CT molecular complexity index is 970. The molecule has 1 aromatic heterocycles. The van der Waals surface area contributed by atoms with Crippen LogP contribution in [0.3, 0.4) is 0 Å². The van der Waals surface area contributed by atoms with Gasteiger partial charge in [0.2, 0.25) is 0 Å². The Morgan fingerprint density at radius 1 is 1.07 bits per heavy atom. The van der Waals surface area contributed by atoms with Gasteiger partial charge >= 0.3 is 0 Å². The summed E-state index contributed by atoms with van der Waals surface area (Å²) in [5.41, 5.74) is 4.44. The summed E-state index contributed by atoms with van der Waals surface area (Å²) in [7, 11) is 0. The number of anilines is 1. The second-order valence-electron chi connectivity index (χ2n) is 8.40. The van der Waals surface area contributed by atoms with Crippen molar-refractivity contribution in [2.75, 3.05) is 18.4 Å². The van der Waals surface area contributed by atoms with Crippen LogP contribution in [0.25, 0.3) is 0 Å². The lowest BCUT2D eigenvalue weighted by Crippen LogP contribution is -2.32. The van der Waals surface area contributed by atoms with Crippen molar-refractivity contribution in [1.29, 1.82) is 0 Å². The average Bonchev–Trinajstić information content (AvgIpc) is 3.18. The third-order valence-electron chi connectivity index (χ3n) is 5.77. The molecule has 1 aliphatic heterocycles. The maximum atomic E-state index is 12.6. The molecule has 0 bridgehead atoms. The lowest BCUT2D eigenvalue weighted by atomic mass is 9.99. The monoisotopic (exact) mass is 419 g/mol. The number of likely N-dealkylation sites (tertiary alicyclic amines) is 1. The predicted molar refractivity (Wildman–Crippen MR) is 124 cm³/mol. The first kappa shape index (κ1) is 20.8. The first-order valence-electron chi connectivity index (χ1n) is 10.7. The highest BCUT2D eigenvalue weighted by Crippen LogP contribution is 2.22. The van der Waals surface area contributed by atoms with Gasteiger partial charge in [-0.25, -0.2) is 4.98 Å². The van der Waals surface area contributed by atoms with E-state index in [9.17, 15) is 4.79 Å². The zero-order valence-electron chi connectivity index (χ0n) is 17.7. The summed E-state index contributed by atoms with van der Waals surface area (Å²) in [6, 6.07) is 16.5. The van der Waals surface area contributed by atoms with Gasteiger partial charge in [0, 0.05) is 29.6 Å². The number of carbonyl (C=O) groups excluding carboxylic acids is 1. The number of carbonyl (C=O) groups is 1. The molecule has 1 N–H and O–H groups in total. The number of nitrogens with one attached hydrogen (secondary N) is 1. The Hall–Kier alpha value is -2.50. The Balaban J connectivity index is 1.31. The van der Waals surface area contributed by atoms with Crippen LogP contribution in [0.4, 0.5) is 5.13 Å². The third kappa shape index (κ3) is 5.55. The number of hydrogen-bond acceptors (Lipinski definition) is 4. The van der Waals surface area contributed by atoms with Gasteiger partial charge in [0.25, 0.3) is 5.91 Å². The minimum Gasteiger partial charge on any atom is -0.299 e. The van der Waals surface area contributed by atoms with E-state index >= 15 is 0 Å². The molecule has 3 aromatic rings. The molecule has 0 radical (unpaired) electrons. The van der Waals surface area contributed by atoms with E-state index in [0.717, 1.165) is 23.8 Å². The summed E-state index contributed by atoms with van der Waals surface area (Å²) in [6.45, 7) is 7.71. The van der Waals surface area contributed by atoms with Gasteiger partial charge in [0.15, 0.2) is 5.13 Å². The van der Waals surface area contributed by atoms with Gasteiger partial charge in [-0.3, -0.25) is 15.0 Å². The fourth-order valence-electron chi connectivity index (χ4n) is 3.76. The third-order valence-corrected chi connectivity index (χ3v) is 6.68. The van der Waals surface area contributed by atoms with Crippen molar-refractivity contribution in [2.45, 2.75) is 39.7 Å². The highest BCUT2D eigenvalue weighted by Gasteiger charge is 2.16. The molecule has 0 atom stereocenters. The molecule has 0 saturated carbocycles. The van der Waals surface area contributed by atoms with Gasteiger partial charge in [-0.15, -0.1) is 11.3 Å². The van der Waals surface area contributed by atoms with Crippen molar-refractivity contribution >= 4 is 22.4 Å². The van der Waals surface area contributed by atoms with E-state index in [1.165, 1.54) is 54.0 Å². The minimum absolute atomic E-state index is 0.107. The summed E-state index contributed by atoms with van der Waals surface area (Å²) < 4.78 is 0. The molecule has 1 aliphatic rings. The Morgan fingerprint density at radius 2 is 1.73 bits per heavy atom. The zero-order chi connectivity index (χ0) is 20.9. The van der Waals surface area contributed by atoms with E-state index in [2.05, 4.69) is 65.4 Å². The van der Waals surface area contributed by atoms with E-state index in [4.69, 9.17) is 0 Å². The van der Waals surface area contributed by atoms with Gasteiger partial charge in [0.05, 0.1) is 0 Å². The van der Waals surface area contributed by atoms with E-state index in [1.54, 1.807) is 0 Å².